The first kappa shape index (κ1) is 16.0. The van der Waals surface area contributed by atoms with Crippen molar-refractivity contribution in [3.05, 3.63) is 53.1 Å². The molecule has 2 aromatic rings. The third-order valence-corrected chi connectivity index (χ3v) is 3.69. The van der Waals surface area contributed by atoms with Gasteiger partial charge in [0.2, 0.25) is 0 Å². The van der Waals surface area contributed by atoms with Crippen LogP contribution in [-0.2, 0) is 9.59 Å². The van der Waals surface area contributed by atoms with Gasteiger partial charge in [-0.05, 0) is 36.0 Å². The van der Waals surface area contributed by atoms with Gasteiger partial charge in [0.1, 0.15) is 5.70 Å². The van der Waals surface area contributed by atoms with E-state index in [0.717, 1.165) is 16.2 Å². The SMILES string of the molecule is O=C1C=C(Nc2ccc(-c3ccnc(=S)[nH]3)cc2)C(=O)N1CCO. The molecule has 8 heteroatoms. The highest BCUT2D eigenvalue weighted by Gasteiger charge is 2.30. The molecule has 0 bridgehead atoms. The molecule has 0 saturated heterocycles. The number of H-pyrrole nitrogens is 1. The number of hydrogen-bond donors (Lipinski definition) is 3. The number of nitrogens with one attached hydrogen (secondary N) is 2. The Bertz CT molecular complexity index is 873. The molecule has 7 nitrogen and oxygen atoms in total. The van der Waals surface area contributed by atoms with Gasteiger partial charge in [0.05, 0.1) is 13.2 Å². The van der Waals surface area contributed by atoms with E-state index in [1.54, 1.807) is 18.3 Å². The maximum absolute atomic E-state index is 12.1. The Kier molecular flexibility index (Phi) is 4.50. The first-order valence-electron chi connectivity index (χ1n) is 7.19. The summed E-state index contributed by atoms with van der Waals surface area (Å²) in [5.74, 6) is -0.881. The van der Waals surface area contributed by atoms with E-state index >= 15 is 0 Å². The van der Waals surface area contributed by atoms with Crippen LogP contribution in [0.5, 0.6) is 0 Å². The van der Waals surface area contributed by atoms with Crippen molar-refractivity contribution in [2.24, 2.45) is 0 Å². The van der Waals surface area contributed by atoms with Crippen molar-refractivity contribution in [2.45, 2.75) is 0 Å². The number of nitrogens with zero attached hydrogens (tertiary/aromatic N) is 2. The van der Waals surface area contributed by atoms with Crippen molar-refractivity contribution in [1.29, 1.82) is 0 Å². The molecule has 2 amide bonds. The summed E-state index contributed by atoms with van der Waals surface area (Å²) in [5, 5.41) is 11.8. The van der Waals surface area contributed by atoms with Crippen LogP contribution in [0.15, 0.2) is 48.3 Å². The molecule has 1 aliphatic rings. The molecule has 24 heavy (non-hydrogen) atoms. The molecule has 2 heterocycles. The summed E-state index contributed by atoms with van der Waals surface area (Å²) in [5.41, 5.74) is 2.61. The number of aliphatic hydroxyl groups is 1. The lowest BCUT2D eigenvalue weighted by molar-refractivity contribution is -0.137. The van der Waals surface area contributed by atoms with Gasteiger partial charge >= 0.3 is 0 Å². The molecule has 1 aromatic carbocycles. The predicted octanol–water partition coefficient (Wildman–Crippen LogP) is 1.46. The number of benzene rings is 1. The lowest BCUT2D eigenvalue weighted by Crippen LogP contribution is -2.34. The molecular formula is C16H14N4O3S. The number of rotatable bonds is 5. The highest BCUT2D eigenvalue weighted by Crippen LogP contribution is 2.21. The third-order valence-electron chi connectivity index (χ3n) is 3.48. The molecule has 3 N–H and O–H groups in total. The number of carbonyl (C=O) groups excluding carboxylic acids is 2. The van der Waals surface area contributed by atoms with Crippen molar-refractivity contribution >= 4 is 29.7 Å². The zero-order valence-electron chi connectivity index (χ0n) is 12.5. The summed E-state index contributed by atoms with van der Waals surface area (Å²) >= 11 is 5.00. The lowest BCUT2D eigenvalue weighted by Gasteiger charge is -2.13. The number of β-amino-alcohol motifs (C(OH)–C–C–N with tert-alkyl or cyclic N) is 1. The Morgan fingerprint density at radius 3 is 2.62 bits per heavy atom. The lowest BCUT2D eigenvalue weighted by atomic mass is 10.1. The minimum Gasteiger partial charge on any atom is -0.395 e. The summed E-state index contributed by atoms with van der Waals surface area (Å²) < 4.78 is 0.402. The summed E-state index contributed by atoms with van der Waals surface area (Å²) in [6, 6.07) is 9.11. The van der Waals surface area contributed by atoms with E-state index < -0.39 is 11.8 Å². The van der Waals surface area contributed by atoms with Crippen LogP contribution in [-0.4, -0.2) is 44.9 Å². The minimum atomic E-state index is -0.448. The molecule has 0 spiro atoms. The van der Waals surface area contributed by atoms with Gasteiger partial charge in [0.15, 0.2) is 4.77 Å². The number of imide groups is 1. The molecular weight excluding hydrogens is 328 g/mol. The maximum atomic E-state index is 12.1. The van der Waals surface area contributed by atoms with Gasteiger partial charge in [0, 0.05) is 23.7 Å². The smallest absolute Gasteiger partial charge is 0.277 e. The predicted molar refractivity (Wildman–Crippen MR) is 90.4 cm³/mol. The molecule has 0 aliphatic carbocycles. The number of amides is 2. The Balaban J connectivity index is 1.76. The standard InChI is InChI=1S/C16H14N4O3S/c21-8-7-20-14(22)9-13(15(20)23)18-11-3-1-10(2-4-11)12-5-6-17-16(24)19-12/h1-6,9,18,21H,7-8H2,(H,17,19,24). The van der Waals surface area contributed by atoms with Crippen LogP contribution in [0.3, 0.4) is 0 Å². The number of anilines is 1. The quantitative estimate of drug-likeness (QED) is 0.562. The molecule has 0 saturated carbocycles. The first-order valence-corrected chi connectivity index (χ1v) is 7.60. The van der Waals surface area contributed by atoms with E-state index in [2.05, 4.69) is 15.3 Å². The number of aromatic nitrogens is 2. The maximum Gasteiger partial charge on any atom is 0.277 e. The van der Waals surface area contributed by atoms with Crippen LogP contribution < -0.4 is 5.32 Å². The number of hydrogen-bond acceptors (Lipinski definition) is 6. The van der Waals surface area contributed by atoms with Crippen LogP contribution in [0.2, 0.25) is 0 Å². The Labute approximate surface area is 142 Å². The Morgan fingerprint density at radius 2 is 1.96 bits per heavy atom. The molecule has 122 valence electrons. The zero-order valence-corrected chi connectivity index (χ0v) is 13.3. The fourth-order valence-electron chi connectivity index (χ4n) is 2.34. The van der Waals surface area contributed by atoms with Gasteiger partial charge in [-0.2, -0.15) is 0 Å². The molecule has 1 aliphatic heterocycles. The van der Waals surface area contributed by atoms with Crippen molar-refractivity contribution < 1.29 is 14.7 Å². The summed E-state index contributed by atoms with van der Waals surface area (Å²) in [6.45, 7) is -0.278. The van der Waals surface area contributed by atoms with Crippen LogP contribution >= 0.6 is 12.2 Å². The van der Waals surface area contributed by atoms with E-state index in [1.165, 1.54) is 6.08 Å². The van der Waals surface area contributed by atoms with Gasteiger partial charge in [0.25, 0.3) is 11.8 Å². The van der Waals surface area contributed by atoms with Crippen LogP contribution in [0.4, 0.5) is 5.69 Å². The van der Waals surface area contributed by atoms with Crippen molar-refractivity contribution in [3.8, 4) is 11.3 Å². The van der Waals surface area contributed by atoms with E-state index in [9.17, 15) is 9.59 Å². The average molecular weight is 342 g/mol. The van der Waals surface area contributed by atoms with Crippen LogP contribution in [0, 0.1) is 4.77 Å². The molecule has 0 unspecified atom stereocenters. The summed E-state index contributed by atoms with van der Waals surface area (Å²) in [6.07, 6.45) is 2.86. The highest BCUT2D eigenvalue weighted by molar-refractivity contribution is 7.71. The topological polar surface area (TPSA) is 98.3 Å². The summed E-state index contributed by atoms with van der Waals surface area (Å²) in [7, 11) is 0. The number of carbonyl (C=O) groups is 2. The van der Waals surface area contributed by atoms with Gasteiger partial charge in [-0.15, -0.1) is 0 Å². The normalized spacial score (nSPS) is 14.0. The van der Waals surface area contributed by atoms with Gasteiger partial charge in [-0.1, -0.05) is 12.1 Å². The van der Waals surface area contributed by atoms with Gasteiger partial charge in [-0.25, -0.2) is 4.98 Å². The second kappa shape index (κ2) is 6.73. The van der Waals surface area contributed by atoms with E-state index in [1.807, 2.05) is 18.2 Å². The number of aromatic amines is 1. The van der Waals surface area contributed by atoms with Crippen molar-refractivity contribution in [2.75, 3.05) is 18.5 Å². The van der Waals surface area contributed by atoms with Gasteiger partial charge < -0.3 is 15.4 Å². The molecule has 0 fully saturated rings. The van der Waals surface area contributed by atoms with E-state index in [-0.39, 0.29) is 18.8 Å². The Hall–Kier alpha value is -2.84. The molecule has 1 aromatic heterocycles. The second-order valence-corrected chi connectivity index (χ2v) is 5.45. The number of aliphatic hydroxyl groups excluding tert-OH is 1. The van der Waals surface area contributed by atoms with Crippen LogP contribution in [0.1, 0.15) is 0 Å². The van der Waals surface area contributed by atoms with Gasteiger partial charge in [-0.3, -0.25) is 14.5 Å². The van der Waals surface area contributed by atoms with Crippen LogP contribution in [0.25, 0.3) is 11.3 Å². The average Bonchev–Trinajstić information content (AvgIpc) is 2.83. The van der Waals surface area contributed by atoms with Crippen molar-refractivity contribution in [1.82, 2.24) is 14.9 Å². The third kappa shape index (κ3) is 3.24. The Morgan fingerprint density at radius 1 is 1.21 bits per heavy atom. The summed E-state index contributed by atoms with van der Waals surface area (Å²) in [4.78, 5) is 31.7. The first-order chi connectivity index (χ1) is 11.6. The fourth-order valence-corrected chi connectivity index (χ4v) is 2.51. The van der Waals surface area contributed by atoms with E-state index in [4.69, 9.17) is 17.3 Å². The highest BCUT2D eigenvalue weighted by atomic mass is 32.1. The zero-order chi connectivity index (χ0) is 17.1. The largest absolute Gasteiger partial charge is 0.395 e. The fraction of sp³-hybridized carbons (Fsp3) is 0.125. The minimum absolute atomic E-state index is 0.0143. The second-order valence-electron chi connectivity index (χ2n) is 5.07. The molecule has 3 rings (SSSR count). The van der Waals surface area contributed by atoms with Crippen molar-refractivity contribution in [3.63, 3.8) is 0 Å². The monoisotopic (exact) mass is 342 g/mol. The molecule has 0 atom stereocenters. The molecule has 0 radical (unpaired) electrons. The van der Waals surface area contributed by atoms with E-state index in [0.29, 0.717) is 10.5 Å².